The van der Waals surface area contributed by atoms with E-state index in [1.54, 1.807) is 27.4 Å². The summed E-state index contributed by atoms with van der Waals surface area (Å²) in [5, 5.41) is 6.81. The molecule has 4 rings (SSSR count). The van der Waals surface area contributed by atoms with Crippen LogP contribution in [-0.4, -0.2) is 84.5 Å². The summed E-state index contributed by atoms with van der Waals surface area (Å²) in [6.07, 6.45) is 2.67. The summed E-state index contributed by atoms with van der Waals surface area (Å²) >= 11 is 0. The standard InChI is InChI=1S/C28H40N4O4/c1-29-22-9-7-19-17-25(34-3)27(35-4)28(36-5)26(19)20-8-10-23(24(33)18-21(20)22)30-11-6-12-32-15-13-31(2)14-16-32/h8,10,17-18,22,29H,6-7,9,11-16H2,1-5H3,(H,30,33). The zero-order valence-electron chi connectivity index (χ0n) is 22.3. The van der Waals surface area contributed by atoms with Gasteiger partial charge in [-0.3, -0.25) is 4.79 Å². The lowest BCUT2D eigenvalue weighted by Crippen LogP contribution is -2.44. The van der Waals surface area contributed by atoms with Crippen LogP contribution in [0.2, 0.25) is 0 Å². The first-order valence-electron chi connectivity index (χ1n) is 12.8. The Labute approximate surface area is 214 Å². The van der Waals surface area contributed by atoms with E-state index >= 15 is 0 Å². The Hall–Kier alpha value is -2.81. The molecule has 36 heavy (non-hydrogen) atoms. The van der Waals surface area contributed by atoms with E-state index in [2.05, 4.69) is 27.5 Å². The number of anilines is 1. The van der Waals surface area contributed by atoms with E-state index in [1.807, 2.05) is 25.2 Å². The number of fused-ring (bicyclic) bond motifs is 3. The molecule has 0 bridgehead atoms. The van der Waals surface area contributed by atoms with E-state index in [0.717, 1.165) is 80.8 Å². The van der Waals surface area contributed by atoms with Gasteiger partial charge in [0, 0.05) is 44.3 Å². The first-order valence-corrected chi connectivity index (χ1v) is 12.8. The third-order valence-corrected chi connectivity index (χ3v) is 7.45. The molecular weight excluding hydrogens is 456 g/mol. The highest BCUT2D eigenvalue weighted by Gasteiger charge is 2.28. The Kier molecular flexibility index (Phi) is 8.72. The minimum Gasteiger partial charge on any atom is -0.493 e. The minimum absolute atomic E-state index is 0.000934. The highest BCUT2D eigenvalue weighted by Crippen LogP contribution is 2.50. The summed E-state index contributed by atoms with van der Waals surface area (Å²) in [7, 11) is 9.01. The van der Waals surface area contributed by atoms with Crippen LogP contribution >= 0.6 is 0 Å². The van der Waals surface area contributed by atoms with Crippen molar-refractivity contribution in [1.82, 2.24) is 15.1 Å². The van der Waals surface area contributed by atoms with Crippen molar-refractivity contribution in [2.45, 2.75) is 25.3 Å². The summed E-state index contributed by atoms with van der Waals surface area (Å²) in [6, 6.07) is 7.81. The molecule has 0 saturated carbocycles. The largest absolute Gasteiger partial charge is 0.493 e. The molecule has 1 aliphatic heterocycles. The van der Waals surface area contributed by atoms with Crippen LogP contribution in [0.25, 0.3) is 11.1 Å². The van der Waals surface area contributed by atoms with Crippen LogP contribution in [0, 0.1) is 0 Å². The summed E-state index contributed by atoms with van der Waals surface area (Å²) < 4.78 is 17.1. The van der Waals surface area contributed by atoms with Crippen molar-refractivity contribution >= 4 is 5.69 Å². The quantitative estimate of drug-likeness (QED) is 0.514. The Balaban J connectivity index is 1.65. The first kappa shape index (κ1) is 26.3. The van der Waals surface area contributed by atoms with Gasteiger partial charge in [0.25, 0.3) is 0 Å². The van der Waals surface area contributed by atoms with Crippen molar-refractivity contribution in [3.8, 4) is 28.4 Å². The van der Waals surface area contributed by atoms with Gasteiger partial charge in [0.15, 0.2) is 11.5 Å². The topological polar surface area (TPSA) is 75.3 Å². The van der Waals surface area contributed by atoms with Gasteiger partial charge in [0.1, 0.15) is 0 Å². The van der Waals surface area contributed by atoms with Crippen LogP contribution in [-0.2, 0) is 6.42 Å². The number of hydrogen-bond acceptors (Lipinski definition) is 8. The monoisotopic (exact) mass is 496 g/mol. The molecule has 2 N–H and O–H groups in total. The maximum Gasteiger partial charge on any atom is 0.203 e. The van der Waals surface area contributed by atoms with Gasteiger partial charge in [-0.05, 0) is 74.8 Å². The van der Waals surface area contributed by atoms with Crippen LogP contribution in [0.3, 0.4) is 0 Å². The molecule has 1 aliphatic carbocycles. The molecule has 8 nitrogen and oxygen atoms in total. The molecule has 1 saturated heterocycles. The van der Waals surface area contributed by atoms with E-state index in [-0.39, 0.29) is 11.5 Å². The molecule has 0 radical (unpaired) electrons. The Morgan fingerprint density at radius 3 is 2.42 bits per heavy atom. The Morgan fingerprint density at radius 1 is 1.00 bits per heavy atom. The number of ether oxygens (including phenoxy) is 3. The van der Waals surface area contributed by atoms with E-state index in [9.17, 15) is 4.79 Å². The van der Waals surface area contributed by atoms with Gasteiger partial charge < -0.3 is 34.6 Å². The summed E-state index contributed by atoms with van der Waals surface area (Å²) in [4.78, 5) is 18.2. The van der Waals surface area contributed by atoms with Gasteiger partial charge >= 0.3 is 0 Å². The molecule has 196 valence electrons. The SMILES string of the molecule is CNC1CCc2cc(OC)c(OC)c(OC)c2-c2ccc(NCCCN3CCN(C)CC3)c(=O)cc21. The van der Waals surface area contributed by atoms with Gasteiger partial charge in [-0.25, -0.2) is 0 Å². The predicted molar refractivity (Wildman–Crippen MR) is 145 cm³/mol. The molecular formula is C28H40N4O4. The average Bonchev–Trinajstić information content (AvgIpc) is 3.14. The van der Waals surface area contributed by atoms with Crippen LogP contribution in [0.15, 0.2) is 29.1 Å². The lowest BCUT2D eigenvalue weighted by molar-refractivity contribution is 0.154. The molecule has 1 heterocycles. The molecule has 1 fully saturated rings. The lowest BCUT2D eigenvalue weighted by atomic mass is 9.95. The zero-order chi connectivity index (χ0) is 25.7. The number of benzene rings is 1. The number of methoxy groups -OCH3 is 3. The van der Waals surface area contributed by atoms with Crippen molar-refractivity contribution in [2.75, 3.05) is 80.0 Å². The van der Waals surface area contributed by atoms with Crippen molar-refractivity contribution in [1.29, 1.82) is 0 Å². The Morgan fingerprint density at radius 2 is 1.75 bits per heavy atom. The van der Waals surface area contributed by atoms with Gasteiger partial charge in [-0.1, -0.05) is 6.07 Å². The van der Waals surface area contributed by atoms with E-state index in [0.29, 0.717) is 22.9 Å². The van der Waals surface area contributed by atoms with Crippen molar-refractivity contribution < 1.29 is 14.2 Å². The number of nitrogens with one attached hydrogen (secondary N) is 2. The van der Waals surface area contributed by atoms with Crippen molar-refractivity contribution in [3.05, 3.63) is 45.6 Å². The van der Waals surface area contributed by atoms with Gasteiger partial charge in [-0.15, -0.1) is 0 Å². The van der Waals surface area contributed by atoms with Crippen LogP contribution in [0.1, 0.15) is 30.0 Å². The number of nitrogens with zero attached hydrogens (tertiary/aromatic N) is 2. The molecule has 8 heteroatoms. The van der Waals surface area contributed by atoms with Gasteiger partial charge in [0.2, 0.25) is 11.2 Å². The smallest absolute Gasteiger partial charge is 0.203 e. The third kappa shape index (κ3) is 5.45. The maximum absolute atomic E-state index is 13.3. The van der Waals surface area contributed by atoms with E-state index in [1.165, 1.54) is 0 Å². The zero-order valence-corrected chi connectivity index (χ0v) is 22.3. The second-order valence-electron chi connectivity index (χ2n) is 9.61. The normalized spacial score (nSPS) is 18.1. The molecule has 0 amide bonds. The lowest BCUT2D eigenvalue weighted by Gasteiger charge is -2.32. The molecule has 1 atom stereocenters. The first-order chi connectivity index (χ1) is 17.5. The molecule has 0 spiro atoms. The van der Waals surface area contributed by atoms with Crippen molar-refractivity contribution in [2.24, 2.45) is 0 Å². The number of piperazine rings is 1. The number of aryl methyl sites for hydroxylation is 1. The predicted octanol–water partition coefficient (Wildman–Crippen LogP) is 3.00. The van der Waals surface area contributed by atoms with Crippen LogP contribution in [0.5, 0.6) is 17.2 Å². The van der Waals surface area contributed by atoms with E-state index < -0.39 is 0 Å². The molecule has 2 aromatic carbocycles. The highest BCUT2D eigenvalue weighted by molar-refractivity contribution is 5.83. The number of hydrogen-bond donors (Lipinski definition) is 2. The highest BCUT2D eigenvalue weighted by atomic mass is 16.5. The fraction of sp³-hybridized carbons (Fsp3) is 0.536. The van der Waals surface area contributed by atoms with Gasteiger partial charge in [-0.2, -0.15) is 0 Å². The van der Waals surface area contributed by atoms with Crippen molar-refractivity contribution in [3.63, 3.8) is 0 Å². The van der Waals surface area contributed by atoms with Crippen LogP contribution < -0.4 is 30.3 Å². The molecule has 1 unspecified atom stereocenters. The second-order valence-corrected chi connectivity index (χ2v) is 9.61. The Bertz CT molecular complexity index is 1120. The fourth-order valence-corrected chi connectivity index (χ4v) is 5.36. The van der Waals surface area contributed by atoms with Crippen LogP contribution in [0.4, 0.5) is 5.69 Å². The summed E-state index contributed by atoms with van der Waals surface area (Å²) in [6.45, 7) is 6.25. The third-order valence-electron chi connectivity index (χ3n) is 7.45. The second kappa shape index (κ2) is 12.0. The molecule has 0 aromatic heterocycles. The van der Waals surface area contributed by atoms with E-state index in [4.69, 9.17) is 14.2 Å². The number of rotatable bonds is 9. The molecule has 2 aromatic rings. The molecule has 2 aliphatic rings. The minimum atomic E-state index is -0.000934. The average molecular weight is 497 g/mol. The summed E-state index contributed by atoms with van der Waals surface area (Å²) in [5.74, 6) is 1.83. The fourth-order valence-electron chi connectivity index (χ4n) is 5.36. The summed E-state index contributed by atoms with van der Waals surface area (Å²) in [5.41, 5.74) is 4.64. The number of likely N-dealkylation sites (N-methyl/N-ethyl adjacent to an activating group) is 1. The van der Waals surface area contributed by atoms with Gasteiger partial charge in [0.05, 0.1) is 27.0 Å². The maximum atomic E-state index is 13.3.